The maximum atomic E-state index is 12.6. The minimum atomic E-state index is -0.147. The summed E-state index contributed by atoms with van der Waals surface area (Å²) in [5.41, 5.74) is 1.05. The number of aryl methyl sites for hydroxylation is 1. The average Bonchev–Trinajstić information content (AvgIpc) is 2.58. The second kappa shape index (κ2) is 8.15. The molecule has 1 aromatic rings. The van der Waals surface area contributed by atoms with Gasteiger partial charge in [0.25, 0.3) is 5.91 Å². The summed E-state index contributed by atoms with van der Waals surface area (Å²) >= 11 is 0. The van der Waals surface area contributed by atoms with Crippen LogP contribution in [0.3, 0.4) is 0 Å². The van der Waals surface area contributed by atoms with Crippen molar-refractivity contribution in [2.24, 2.45) is 0 Å². The second-order valence-electron chi connectivity index (χ2n) is 6.11. The summed E-state index contributed by atoms with van der Waals surface area (Å²) in [7, 11) is 0. The molecular weight excluding hydrogens is 306 g/mol. The first-order valence-electron chi connectivity index (χ1n) is 8.55. The van der Waals surface area contributed by atoms with E-state index in [0.29, 0.717) is 43.9 Å². The van der Waals surface area contributed by atoms with Crippen LogP contribution in [0, 0.1) is 6.92 Å². The van der Waals surface area contributed by atoms with Crippen molar-refractivity contribution in [3.05, 3.63) is 29.3 Å². The number of phenols is 1. The molecule has 0 atom stereocenters. The van der Waals surface area contributed by atoms with Gasteiger partial charge in [-0.3, -0.25) is 14.5 Å². The number of hydrogen-bond donors (Lipinski definition) is 1. The van der Waals surface area contributed by atoms with Gasteiger partial charge < -0.3 is 14.9 Å². The van der Waals surface area contributed by atoms with E-state index in [1.54, 1.807) is 30.0 Å². The summed E-state index contributed by atoms with van der Waals surface area (Å²) in [6.45, 7) is 10.1. The van der Waals surface area contributed by atoms with Crippen molar-refractivity contribution < 1.29 is 14.7 Å². The lowest BCUT2D eigenvalue weighted by Gasteiger charge is -2.35. The zero-order valence-electron chi connectivity index (χ0n) is 14.8. The van der Waals surface area contributed by atoms with Gasteiger partial charge >= 0.3 is 0 Å². The number of benzene rings is 1. The van der Waals surface area contributed by atoms with E-state index in [9.17, 15) is 14.7 Å². The maximum absolute atomic E-state index is 12.6. The molecule has 1 saturated heterocycles. The van der Waals surface area contributed by atoms with E-state index in [-0.39, 0.29) is 17.6 Å². The molecule has 1 N–H and O–H groups in total. The van der Waals surface area contributed by atoms with Crippen molar-refractivity contribution in [2.75, 3.05) is 45.8 Å². The summed E-state index contributed by atoms with van der Waals surface area (Å²) < 4.78 is 0. The highest BCUT2D eigenvalue weighted by atomic mass is 16.3. The molecule has 0 saturated carbocycles. The maximum Gasteiger partial charge on any atom is 0.257 e. The van der Waals surface area contributed by atoms with Crippen LogP contribution in [0.4, 0.5) is 0 Å². The lowest BCUT2D eigenvalue weighted by atomic mass is 10.1. The van der Waals surface area contributed by atoms with Crippen LogP contribution in [-0.4, -0.2) is 77.4 Å². The van der Waals surface area contributed by atoms with Gasteiger partial charge in [0, 0.05) is 39.3 Å². The lowest BCUT2D eigenvalue weighted by Crippen LogP contribution is -2.51. The van der Waals surface area contributed by atoms with Gasteiger partial charge in [-0.25, -0.2) is 0 Å². The van der Waals surface area contributed by atoms with Crippen LogP contribution in [-0.2, 0) is 4.79 Å². The Kier molecular flexibility index (Phi) is 6.20. The molecule has 1 aliphatic rings. The zero-order chi connectivity index (χ0) is 17.7. The molecule has 0 bridgehead atoms. The molecule has 1 heterocycles. The molecule has 1 fully saturated rings. The highest BCUT2D eigenvalue weighted by Gasteiger charge is 2.25. The third-order valence-corrected chi connectivity index (χ3v) is 4.60. The number of rotatable bonds is 5. The average molecular weight is 333 g/mol. The first-order valence-corrected chi connectivity index (χ1v) is 8.55. The van der Waals surface area contributed by atoms with Gasteiger partial charge in [0.2, 0.25) is 5.91 Å². The molecule has 1 aliphatic heterocycles. The molecule has 1 aromatic carbocycles. The fourth-order valence-electron chi connectivity index (χ4n) is 2.98. The number of amides is 2. The van der Waals surface area contributed by atoms with E-state index in [1.165, 1.54) is 0 Å². The molecule has 2 rings (SSSR count). The van der Waals surface area contributed by atoms with Gasteiger partial charge in [-0.1, -0.05) is 12.1 Å². The van der Waals surface area contributed by atoms with Crippen LogP contribution in [0.25, 0.3) is 0 Å². The molecule has 6 heteroatoms. The molecule has 0 radical (unpaired) electrons. The van der Waals surface area contributed by atoms with Gasteiger partial charge in [-0.2, -0.15) is 0 Å². The lowest BCUT2D eigenvalue weighted by molar-refractivity contribution is -0.132. The normalized spacial score (nSPS) is 15.4. The smallest absolute Gasteiger partial charge is 0.257 e. The van der Waals surface area contributed by atoms with Crippen molar-refractivity contribution in [1.82, 2.24) is 14.7 Å². The number of likely N-dealkylation sites (N-methyl/N-ethyl adjacent to an activating group) is 1. The minimum absolute atomic E-state index is 0.0571. The van der Waals surface area contributed by atoms with E-state index in [4.69, 9.17) is 0 Å². The predicted octanol–water partition coefficient (Wildman–Crippen LogP) is 1.33. The third-order valence-electron chi connectivity index (χ3n) is 4.60. The molecule has 132 valence electrons. The van der Waals surface area contributed by atoms with Gasteiger partial charge in [0.05, 0.1) is 12.1 Å². The molecule has 6 nitrogen and oxygen atoms in total. The van der Waals surface area contributed by atoms with Gasteiger partial charge in [0.1, 0.15) is 5.75 Å². The topological polar surface area (TPSA) is 64.1 Å². The standard InChI is InChI=1S/C18H27N3O3/c1-4-20(5-2)16(22)13-19-9-11-21(12-10-19)18(24)15-8-6-7-14(3)17(15)23/h6-8,23H,4-5,9-13H2,1-3H3. The monoisotopic (exact) mass is 333 g/mol. The Morgan fingerprint density at radius 2 is 1.75 bits per heavy atom. The largest absolute Gasteiger partial charge is 0.507 e. The number of phenolic OH excluding ortho intramolecular Hbond substituents is 1. The van der Waals surface area contributed by atoms with E-state index < -0.39 is 0 Å². The Labute approximate surface area is 143 Å². The first kappa shape index (κ1) is 18.3. The number of aromatic hydroxyl groups is 1. The van der Waals surface area contributed by atoms with Gasteiger partial charge in [0.15, 0.2) is 0 Å². The zero-order valence-corrected chi connectivity index (χ0v) is 14.8. The van der Waals surface area contributed by atoms with E-state index in [2.05, 4.69) is 4.90 Å². The van der Waals surface area contributed by atoms with E-state index in [0.717, 1.165) is 13.1 Å². The SMILES string of the molecule is CCN(CC)C(=O)CN1CCN(C(=O)c2cccc(C)c2O)CC1. The summed E-state index contributed by atoms with van der Waals surface area (Å²) in [6.07, 6.45) is 0. The van der Waals surface area contributed by atoms with Gasteiger partial charge in [-0.15, -0.1) is 0 Å². The van der Waals surface area contributed by atoms with Crippen LogP contribution in [0.5, 0.6) is 5.75 Å². The highest BCUT2D eigenvalue weighted by Crippen LogP contribution is 2.23. The summed E-state index contributed by atoms with van der Waals surface area (Å²) in [4.78, 5) is 30.4. The van der Waals surface area contributed by atoms with Crippen molar-refractivity contribution in [3.63, 3.8) is 0 Å². The molecule has 0 unspecified atom stereocenters. The van der Waals surface area contributed by atoms with E-state index >= 15 is 0 Å². The van der Waals surface area contributed by atoms with E-state index in [1.807, 2.05) is 18.7 Å². The van der Waals surface area contributed by atoms with Gasteiger partial charge in [-0.05, 0) is 32.4 Å². The number of para-hydroxylation sites is 1. The summed E-state index contributed by atoms with van der Waals surface area (Å²) in [6, 6.07) is 5.21. The number of carbonyl (C=O) groups is 2. The number of carbonyl (C=O) groups excluding carboxylic acids is 2. The molecule has 24 heavy (non-hydrogen) atoms. The minimum Gasteiger partial charge on any atom is -0.507 e. The first-order chi connectivity index (χ1) is 11.5. The molecule has 2 amide bonds. The summed E-state index contributed by atoms with van der Waals surface area (Å²) in [5.74, 6) is 0.0451. The Morgan fingerprint density at radius 3 is 2.33 bits per heavy atom. The summed E-state index contributed by atoms with van der Waals surface area (Å²) in [5, 5.41) is 10.1. The van der Waals surface area contributed by atoms with Crippen molar-refractivity contribution >= 4 is 11.8 Å². The van der Waals surface area contributed by atoms with Crippen molar-refractivity contribution in [1.29, 1.82) is 0 Å². The van der Waals surface area contributed by atoms with Crippen LogP contribution in [0.2, 0.25) is 0 Å². The Morgan fingerprint density at radius 1 is 1.12 bits per heavy atom. The Balaban J connectivity index is 1.92. The predicted molar refractivity (Wildman–Crippen MR) is 93.1 cm³/mol. The highest BCUT2D eigenvalue weighted by molar-refractivity contribution is 5.97. The van der Waals surface area contributed by atoms with Crippen LogP contribution in [0.1, 0.15) is 29.8 Å². The third kappa shape index (κ3) is 4.06. The second-order valence-corrected chi connectivity index (χ2v) is 6.11. The molecular formula is C18H27N3O3. The van der Waals surface area contributed by atoms with Crippen LogP contribution >= 0.6 is 0 Å². The molecule has 0 aliphatic carbocycles. The Bertz CT molecular complexity index is 591. The van der Waals surface area contributed by atoms with Crippen LogP contribution < -0.4 is 0 Å². The van der Waals surface area contributed by atoms with Crippen molar-refractivity contribution in [2.45, 2.75) is 20.8 Å². The fraction of sp³-hybridized carbons (Fsp3) is 0.556. The number of piperazine rings is 1. The molecule has 0 aromatic heterocycles. The molecule has 0 spiro atoms. The quantitative estimate of drug-likeness (QED) is 0.883. The fourth-order valence-corrected chi connectivity index (χ4v) is 2.98. The number of nitrogens with zero attached hydrogens (tertiary/aromatic N) is 3. The van der Waals surface area contributed by atoms with Crippen molar-refractivity contribution in [3.8, 4) is 5.75 Å². The number of hydrogen-bond acceptors (Lipinski definition) is 4. The Hall–Kier alpha value is -2.08. The van der Waals surface area contributed by atoms with Crippen LogP contribution in [0.15, 0.2) is 18.2 Å².